The minimum atomic E-state index is -6.57. The van der Waals surface area contributed by atoms with E-state index in [0.29, 0.717) is 0 Å². The van der Waals surface area contributed by atoms with Gasteiger partial charge in [0, 0.05) is 0 Å². The molecular weight excluding hydrogens is 558 g/mol. The summed E-state index contributed by atoms with van der Waals surface area (Å²) in [5.74, 6) is -7.08. The summed E-state index contributed by atoms with van der Waals surface area (Å²) in [6, 6.07) is 14.7. The fraction of sp³-hybridized carbons (Fsp3) is 0.429. The number of benzene rings is 2. The Kier molecular flexibility index (Phi) is 10.8. The lowest BCUT2D eigenvalue weighted by Gasteiger charge is -2.30. The molecule has 2 aromatic carbocycles. The smallest absolute Gasteiger partial charge is 0.450 e. The molecule has 0 heterocycles. The van der Waals surface area contributed by atoms with Crippen LogP contribution in [0.4, 0.5) is 26.3 Å². The van der Waals surface area contributed by atoms with Gasteiger partial charge in [0.15, 0.2) is 0 Å². The van der Waals surface area contributed by atoms with Gasteiger partial charge in [0.05, 0.1) is 0 Å². The van der Waals surface area contributed by atoms with Crippen LogP contribution in [-0.2, 0) is 32.1 Å². The summed E-state index contributed by atoms with van der Waals surface area (Å²) >= 11 is 1.59. The first-order valence-electron chi connectivity index (χ1n) is 10.3. The Hall–Kier alpha value is -1.65. The molecule has 1 saturated carbocycles. The summed E-state index contributed by atoms with van der Waals surface area (Å²) in [6.45, 7) is 0. The summed E-state index contributed by atoms with van der Waals surface area (Å²) in [5, 5.41) is -0.332. The van der Waals surface area contributed by atoms with Crippen LogP contribution in [0.25, 0.3) is 0 Å². The van der Waals surface area contributed by atoms with Gasteiger partial charge in [-0.05, 0) is 61.2 Å². The van der Waals surface area contributed by atoms with Gasteiger partial charge in [0.25, 0.3) is 0 Å². The van der Waals surface area contributed by atoms with Crippen molar-refractivity contribution in [1.29, 1.82) is 0 Å². The topological polar surface area (TPSA) is 84.9 Å². The van der Waals surface area contributed by atoms with Crippen molar-refractivity contribution in [2.75, 3.05) is 0 Å². The predicted molar refractivity (Wildman–Crippen MR) is 121 cm³/mol. The molecule has 0 aromatic heterocycles. The van der Waals surface area contributed by atoms with Gasteiger partial charge in [-0.3, -0.25) is 5.04 Å². The van der Waals surface area contributed by atoms with E-state index in [-0.39, 0.29) is 5.92 Å². The molecule has 6 nitrogen and oxygen atoms in total. The molecule has 1 aliphatic rings. The van der Waals surface area contributed by atoms with Crippen molar-refractivity contribution < 1.29 is 53.6 Å². The largest absolute Gasteiger partial charge is 0.691 e. The maximum Gasteiger partial charge on any atom is 0.450 e. The number of hydrogen-bond acceptors (Lipinski definition) is 7. The van der Waals surface area contributed by atoms with E-state index in [1.54, 1.807) is 0 Å². The van der Waals surface area contributed by atoms with E-state index in [4.69, 9.17) is 0 Å². The first kappa shape index (κ1) is 30.6. The Balaban J connectivity index is 0.000000558. The van der Waals surface area contributed by atoms with Crippen molar-refractivity contribution in [3.8, 4) is 5.75 Å². The van der Waals surface area contributed by atoms with Crippen LogP contribution in [0.5, 0.6) is 5.75 Å². The zero-order chi connectivity index (χ0) is 27.0. The Bertz CT molecular complexity index is 1050. The highest BCUT2D eigenvalue weighted by Gasteiger charge is 2.79. The predicted octanol–water partition coefficient (Wildman–Crippen LogP) is 5.19. The molecule has 0 amide bonds. The van der Waals surface area contributed by atoms with Crippen molar-refractivity contribution in [2.45, 2.75) is 59.3 Å². The second kappa shape index (κ2) is 12.7. The van der Waals surface area contributed by atoms with Crippen molar-refractivity contribution in [3.05, 3.63) is 60.2 Å². The van der Waals surface area contributed by atoms with Gasteiger partial charge >= 0.3 is 26.5 Å². The third kappa shape index (κ3) is 7.44. The lowest BCUT2D eigenvalue weighted by atomic mass is 9.84. The third-order valence-corrected chi connectivity index (χ3v) is 7.37. The average molecular weight is 581 g/mol. The minimum Gasteiger partial charge on any atom is -0.691 e. The van der Waals surface area contributed by atoms with Crippen LogP contribution in [0.3, 0.4) is 0 Å². The van der Waals surface area contributed by atoms with E-state index in [0.717, 1.165) is 54.7 Å². The molecule has 202 valence electrons. The van der Waals surface area contributed by atoms with Crippen molar-refractivity contribution >= 4 is 34.8 Å². The Morgan fingerprint density at radius 3 is 1.92 bits per heavy atom. The normalized spacial score (nSPS) is 15.7. The van der Waals surface area contributed by atoms with Crippen molar-refractivity contribution in [2.24, 2.45) is 0 Å². The third-order valence-electron chi connectivity index (χ3n) is 5.15. The van der Waals surface area contributed by atoms with Gasteiger partial charge in [-0.1, -0.05) is 49.6 Å². The van der Waals surface area contributed by atoms with Gasteiger partial charge in [0.1, 0.15) is 22.7 Å². The van der Waals surface area contributed by atoms with Crippen LogP contribution in [0.1, 0.15) is 43.6 Å². The molecule has 0 radical (unpaired) electrons. The molecule has 0 atom stereocenters. The average Bonchev–Trinajstić information content (AvgIpc) is 2.84. The lowest BCUT2D eigenvalue weighted by Crippen LogP contribution is -2.57. The number of hydrogen-bond donors (Lipinski definition) is 0. The van der Waals surface area contributed by atoms with Crippen molar-refractivity contribution in [1.82, 2.24) is 0 Å². The maximum absolute atomic E-state index is 13.8. The van der Waals surface area contributed by atoms with E-state index in [1.165, 1.54) is 12.1 Å². The van der Waals surface area contributed by atoms with Crippen LogP contribution in [-0.4, -0.2) is 24.8 Å². The first-order valence-corrected chi connectivity index (χ1v) is 13.0. The highest BCUT2D eigenvalue weighted by Crippen LogP contribution is 2.53. The monoisotopic (exact) mass is 580 g/mol. The highest BCUT2D eigenvalue weighted by molar-refractivity contribution is 7.95. The quantitative estimate of drug-likeness (QED) is 0.101. The molecule has 0 unspecified atom stereocenters. The van der Waals surface area contributed by atoms with E-state index >= 15 is 0 Å². The highest BCUT2D eigenvalue weighted by atomic mass is 32.2. The first-order chi connectivity index (χ1) is 16.7. The van der Waals surface area contributed by atoms with Crippen LogP contribution in [0.15, 0.2) is 59.5 Å². The second-order valence-electron chi connectivity index (χ2n) is 7.63. The molecule has 0 saturated heterocycles. The van der Waals surface area contributed by atoms with Crippen molar-refractivity contribution in [3.63, 3.8) is 0 Å². The number of rotatable bonds is 9. The standard InChI is InChI=1S/C15H16F6O6S2.C6H6S/c16-13(17,14(18,19)28-27-26-22)15(20,21)29(23,24)25-12-8-6-11(7-9-12)10-4-2-1-3-5-10;7-6-4-2-1-3-5-6/h6-10,22H,1-5H2;1-5,7H. The molecule has 15 heteroatoms. The summed E-state index contributed by atoms with van der Waals surface area (Å²) in [4.78, 5) is 1.13. The van der Waals surface area contributed by atoms with Gasteiger partial charge in [-0.15, -0.1) is 0 Å². The summed E-state index contributed by atoms with van der Waals surface area (Å²) in [5.41, 5.74) is 0.782. The van der Waals surface area contributed by atoms with E-state index < -0.39 is 44.3 Å². The van der Waals surface area contributed by atoms with Crippen LogP contribution in [0, 0.1) is 0 Å². The molecule has 0 aliphatic heterocycles. The Morgan fingerprint density at radius 2 is 1.44 bits per heavy atom. The zero-order valence-corrected chi connectivity index (χ0v) is 21.0. The fourth-order valence-corrected chi connectivity index (χ4v) is 4.80. The SMILES string of the molecule is O=S(=O)(Oc1ccc(C2CCCCC2)cc1)C(F)(F)C(F)(F)C(F)(F)SOO[O-].[SH2+]c1ccccc1. The van der Waals surface area contributed by atoms with Crippen LogP contribution < -0.4 is 9.44 Å². The van der Waals surface area contributed by atoms with E-state index in [9.17, 15) is 40.0 Å². The Labute approximate surface area is 213 Å². The van der Waals surface area contributed by atoms with Gasteiger partial charge in [-0.25, -0.2) is 0 Å². The lowest BCUT2D eigenvalue weighted by molar-refractivity contribution is -0.777. The maximum atomic E-state index is 13.8. The van der Waals surface area contributed by atoms with E-state index in [2.05, 4.69) is 26.2 Å². The fourth-order valence-electron chi connectivity index (χ4n) is 3.28. The molecule has 0 bridgehead atoms. The van der Waals surface area contributed by atoms with Crippen LogP contribution in [0.2, 0.25) is 0 Å². The molecule has 1 fully saturated rings. The molecule has 3 rings (SSSR count). The van der Waals surface area contributed by atoms with Crippen LogP contribution >= 0.6 is 12.0 Å². The zero-order valence-electron chi connectivity index (χ0n) is 18.3. The molecule has 0 spiro atoms. The number of alkyl halides is 6. The van der Waals surface area contributed by atoms with Gasteiger partial charge in [-0.2, -0.15) is 39.1 Å². The van der Waals surface area contributed by atoms with Gasteiger partial charge < -0.3 is 9.44 Å². The summed E-state index contributed by atoms with van der Waals surface area (Å²) in [7, 11) is -6.57. The summed E-state index contributed by atoms with van der Waals surface area (Å²) < 4.78 is 112. The Morgan fingerprint density at radius 1 is 0.889 bits per heavy atom. The van der Waals surface area contributed by atoms with E-state index in [1.807, 2.05) is 30.3 Å². The minimum absolute atomic E-state index is 0.180. The molecule has 0 N–H and O–H groups in total. The molecule has 2 aromatic rings. The molecule has 36 heavy (non-hydrogen) atoms. The second-order valence-corrected chi connectivity index (χ2v) is 10.6. The summed E-state index contributed by atoms with van der Waals surface area (Å²) in [6.07, 6.45) is 4.82. The molecular formula is C21H22F6O6S3. The van der Waals surface area contributed by atoms with Gasteiger partial charge in [0.2, 0.25) is 0 Å². The number of halogens is 6. The molecule has 1 aliphatic carbocycles.